The minimum absolute atomic E-state index is 0.159. The maximum absolute atomic E-state index is 12.7. The summed E-state index contributed by atoms with van der Waals surface area (Å²) in [7, 11) is 0. The molecule has 2 saturated heterocycles. The van der Waals surface area contributed by atoms with Crippen LogP contribution in [0.4, 0.5) is 24.9 Å². The highest BCUT2D eigenvalue weighted by Gasteiger charge is 2.31. The van der Waals surface area contributed by atoms with E-state index in [0.29, 0.717) is 45.3 Å². The molecule has 0 saturated carbocycles. The van der Waals surface area contributed by atoms with Gasteiger partial charge >= 0.3 is 6.36 Å². The molecule has 2 aliphatic rings. The van der Waals surface area contributed by atoms with Crippen LogP contribution < -0.4 is 14.5 Å². The number of aromatic nitrogens is 2. The van der Waals surface area contributed by atoms with E-state index in [9.17, 15) is 18.0 Å². The average molecular weight is 437 g/mol. The maximum atomic E-state index is 12.7. The summed E-state index contributed by atoms with van der Waals surface area (Å²) in [4.78, 5) is 27.5. The quantitative estimate of drug-likeness (QED) is 0.726. The van der Waals surface area contributed by atoms with Gasteiger partial charge in [0.2, 0.25) is 5.95 Å². The van der Waals surface area contributed by atoms with Gasteiger partial charge in [-0.1, -0.05) is 6.07 Å². The van der Waals surface area contributed by atoms with Crippen molar-refractivity contribution in [3.8, 4) is 5.75 Å². The number of alkyl halides is 3. The number of carbonyl (C=O) groups is 1. The Hall–Kier alpha value is -3.08. The molecule has 0 radical (unpaired) electrons. The number of piperazine rings is 1. The number of morpholine rings is 1. The van der Waals surface area contributed by atoms with Crippen molar-refractivity contribution >= 4 is 17.7 Å². The fourth-order valence-corrected chi connectivity index (χ4v) is 3.58. The minimum Gasteiger partial charge on any atom is -0.406 e. The first-order valence-electron chi connectivity index (χ1n) is 9.95. The number of rotatable bonds is 4. The SMILES string of the molecule is O=C(c1cccc(OC(F)(F)F)c1)N1CCN(c2ccnc(N3CCOCC3)n2)CC1. The number of hydrogen-bond donors (Lipinski definition) is 0. The first-order valence-corrected chi connectivity index (χ1v) is 9.95. The molecule has 1 aromatic carbocycles. The predicted molar refractivity (Wildman–Crippen MR) is 106 cm³/mol. The third-order valence-corrected chi connectivity index (χ3v) is 5.13. The van der Waals surface area contributed by atoms with E-state index in [2.05, 4.69) is 24.5 Å². The Morgan fingerprint density at radius 2 is 1.74 bits per heavy atom. The van der Waals surface area contributed by atoms with Gasteiger partial charge in [0.1, 0.15) is 11.6 Å². The Morgan fingerprint density at radius 3 is 2.45 bits per heavy atom. The average Bonchev–Trinajstić information content (AvgIpc) is 2.78. The molecular formula is C20H22F3N5O3. The second kappa shape index (κ2) is 8.96. The number of amides is 1. The van der Waals surface area contributed by atoms with E-state index in [4.69, 9.17) is 4.74 Å². The van der Waals surface area contributed by atoms with Crippen LogP contribution >= 0.6 is 0 Å². The molecule has 3 heterocycles. The molecule has 31 heavy (non-hydrogen) atoms. The Bertz CT molecular complexity index is 913. The van der Waals surface area contributed by atoms with E-state index < -0.39 is 12.1 Å². The largest absolute Gasteiger partial charge is 0.573 e. The summed E-state index contributed by atoms with van der Waals surface area (Å²) in [5, 5.41) is 0. The first kappa shape index (κ1) is 21.2. The van der Waals surface area contributed by atoms with Gasteiger partial charge < -0.3 is 24.2 Å². The molecule has 0 aliphatic carbocycles. The van der Waals surface area contributed by atoms with Gasteiger partial charge in [-0.05, 0) is 24.3 Å². The topological polar surface area (TPSA) is 71.0 Å². The van der Waals surface area contributed by atoms with Gasteiger partial charge in [-0.25, -0.2) is 4.98 Å². The third kappa shape index (κ3) is 5.35. The molecule has 2 aromatic rings. The lowest BCUT2D eigenvalue weighted by atomic mass is 10.1. The zero-order valence-electron chi connectivity index (χ0n) is 16.7. The molecule has 11 heteroatoms. The molecule has 0 N–H and O–H groups in total. The molecule has 8 nitrogen and oxygen atoms in total. The van der Waals surface area contributed by atoms with Crippen LogP contribution in [0.15, 0.2) is 36.5 Å². The van der Waals surface area contributed by atoms with Gasteiger partial charge in [0.15, 0.2) is 0 Å². The van der Waals surface area contributed by atoms with Crippen molar-refractivity contribution in [1.82, 2.24) is 14.9 Å². The van der Waals surface area contributed by atoms with Gasteiger partial charge in [-0.2, -0.15) is 4.98 Å². The van der Waals surface area contributed by atoms with E-state index in [0.717, 1.165) is 25.0 Å². The monoisotopic (exact) mass is 437 g/mol. The minimum atomic E-state index is -4.80. The van der Waals surface area contributed by atoms with Crippen molar-refractivity contribution in [3.63, 3.8) is 0 Å². The molecule has 2 aliphatic heterocycles. The van der Waals surface area contributed by atoms with Crippen molar-refractivity contribution in [3.05, 3.63) is 42.1 Å². The van der Waals surface area contributed by atoms with Crippen molar-refractivity contribution in [1.29, 1.82) is 0 Å². The van der Waals surface area contributed by atoms with Crippen LogP contribution in [0.2, 0.25) is 0 Å². The lowest BCUT2D eigenvalue weighted by Gasteiger charge is -2.36. The van der Waals surface area contributed by atoms with Gasteiger partial charge in [0.05, 0.1) is 13.2 Å². The van der Waals surface area contributed by atoms with Crippen LogP contribution in [0.3, 0.4) is 0 Å². The van der Waals surface area contributed by atoms with Crippen molar-refractivity contribution < 1.29 is 27.4 Å². The van der Waals surface area contributed by atoms with Crippen LogP contribution in [-0.4, -0.2) is 79.6 Å². The van der Waals surface area contributed by atoms with Crippen LogP contribution in [0.25, 0.3) is 0 Å². The Morgan fingerprint density at radius 1 is 1.00 bits per heavy atom. The van der Waals surface area contributed by atoms with Crippen LogP contribution in [0, 0.1) is 0 Å². The maximum Gasteiger partial charge on any atom is 0.573 e. The number of anilines is 2. The highest BCUT2D eigenvalue weighted by molar-refractivity contribution is 5.94. The van der Waals surface area contributed by atoms with Crippen molar-refractivity contribution in [2.24, 2.45) is 0 Å². The number of halogens is 3. The molecule has 0 unspecified atom stereocenters. The van der Waals surface area contributed by atoms with Crippen molar-refractivity contribution in [2.45, 2.75) is 6.36 Å². The van der Waals surface area contributed by atoms with Crippen LogP contribution in [-0.2, 0) is 4.74 Å². The molecule has 0 bridgehead atoms. The van der Waals surface area contributed by atoms with Gasteiger partial charge in [-0.3, -0.25) is 4.79 Å². The standard InChI is InChI=1S/C20H22F3N5O3/c21-20(22,23)31-16-3-1-2-15(14-16)18(29)27-8-6-26(7-9-27)17-4-5-24-19(25-17)28-10-12-30-13-11-28/h1-5,14H,6-13H2. The molecule has 1 aromatic heterocycles. The normalized spacial score (nSPS) is 17.6. The van der Waals surface area contributed by atoms with E-state index >= 15 is 0 Å². The van der Waals surface area contributed by atoms with Gasteiger partial charge in [-0.15, -0.1) is 13.2 Å². The number of ether oxygens (including phenoxy) is 2. The third-order valence-electron chi connectivity index (χ3n) is 5.13. The molecule has 166 valence electrons. The van der Waals surface area contributed by atoms with E-state index in [1.165, 1.54) is 18.2 Å². The summed E-state index contributed by atoms with van der Waals surface area (Å²) in [5.41, 5.74) is 0.159. The van der Waals surface area contributed by atoms with Crippen LogP contribution in [0.5, 0.6) is 5.75 Å². The highest BCUT2D eigenvalue weighted by Crippen LogP contribution is 2.24. The molecule has 1 amide bonds. The predicted octanol–water partition coefficient (Wildman–Crippen LogP) is 2.17. The summed E-state index contributed by atoms with van der Waals surface area (Å²) >= 11 is 0. The summed E-state index contributed by atoms with van der Waals surface area (Å²) < 4.78 is 46.6. The summed E-state index contributed by atoms with van der Waals surface area (Å²) in [5.74, 6) is 0.697. The number of benzene rings is 1. The Labute approximate surface area is 177 Å². The highest BCUT2D eigenvalue weighted by atomic mass is 19.4. The molecule has 4 rings (SSSR count). The van der Waals surface area contributed by atoms with Gasteiger partial charge in [0, 0.05) is 51.0 Å². The molecular weight excluding hydrogens is 415 g/mol. The fourth-order valence-electron chi connectivity index (χ4n) is 3.58. The van der Waals surface area contributed by atoms with E-state index in [1.54, 1.807) is 11.1 Å². The summed E-state index contributed by atoms with van der Waals surface area (Å²) in [6, 6.07) is 6.97. The molecule has 0 spiro atoms. The summed E-state index contributed by atoms with van der Waals surface area (Å²) in [6.45, 7) is 4.74. The number of nitrogens with zero attached hydrogens (tertiary/aromatic N) is 5. The number of carbonyl (C=O) groups excluding carboxylic acids is 1. The van der Waals surface area contributed by atoms with E-state index in [-0.39, 0.29) is 11.5 Å². The fraction of sp³-hybridized carbons (Fsp3) is 0.450. The lowest BCUT2D eigenvalue weighted by Crippen LogP contribution is -2.49. The zero-order chi connectivity index (χ0) is 21.8. The van der Waals surface area contributed by atoms with E-state index in [1.807, 2.05) is 6.07 Å². The summed E-state index contributed by atoms with van der Waals surface area (Å²) in [6.07, 6.45) is -3.08. The Balaban J connectivity index is 1.38. The molecule has 2 fully saturated rings. The first-order chi connectivity index (χ1) is 14.9. The second-order valence-corrected chi connectivity index (χ2v) is 7.17. The Kier molecular flexibility index (Phi) is 6.12. The number of hydrogen-bond acceptors (Lipinski definition) is 7. The van der Waals surface area contributed by atoms with Gasteiger partial charge in [0.25, 0.3) is 5.91 Å². The lowest BCUT2D eigenvalue weighted by molar-refractivity contribution is -0.274. The van der Waals surface area contributed by atoms with Crippen LogP contribution in [0.1, 0.15) is 10.4 Å². The second-order valence-electron chi connectivity index (χ2n) is 7.17. The smallest absolute Gasteiger partial charge is 0.406 e. The molecule has 0 atom stereocenters. The van der Waals surface area contributed by atoms with Crippen molar-refractivity contribution in [2.75, 3.05) is 62.3 Å². The zero-order valence-corrected chi connectivity index (χ0v) is 16.7.